The van der Waals surface area contributed by atoms with Crippen molar-refractivity contribution in [1.29, 1.82) is 0 Å². The number of para-hydroxylation sites is 2. The predicted octanol–water partition coefficient (Wildman–Crippen LogP) is 3.45. The highest BCUT2D eigenvalue weighted by Gasteiger charge is 2.11. The number of nitrogens with one attached hydrogen (secondary N) is 1. The van der Waals surface area contributed by atoms with Gasteiger partial charge < -0.3 is 19.9 Å². The third-order valence-corrected chi connectivity index (χ3v) is 3.29. The lowest BCUT2D eigenvalue weighted by Gasteiger charge is -2.12. The third kappa shape index (κ3) is 4.63. The molecule has 0 unspecified atom stereocenters. The zero-order valence-electron chi connectivity index (χ0n) is 12.9. The van der Waals surface area contributed by atoms with Gasteiger partial charge >= 0.3 is 5.97 Å². The van der Waals surface area contributed by atoms with Gasteiger partial charge in [-0.1, -0.05) is 23.7 Å². The molecule has 0 saturated carbocycles. The van der Waals surface area contributed by atoms with Crippen molar-refractivity contribution in [2.75, 3.05) is 18.5 Å². The Labute approximate surface area is 144 Å². The Balaban J connectivity index is 1.98. The van der Waals surface area contributed by atoms with E-state index < -0.39 is 5.97 Å². The minimum absolute atomic E-state index is 0.0439. The number of anilines is 1. The summed E-state index contributed by atoms with van der Waals surface area (Å²) in [5.74, 6) is -0.679. The lowest BCUT2D eigenvalue weighted by Crippen LogP contribution is -2.20. The Morgan fingerprint density at radius 1 is 1.12 bits per heavy atom. The largest absolute Gasteiger partial charge is 0.492 e. The van der Waals surface area contributed by atoms with Gasteiger partial charge in [0, 0.05) is 0 Å². The van der Waals surface area contributed by atoms with Gasteiger partial charge in [-0.2, -0.15) is 0 Å². The van der Waals surface area contributed by atoms with Crippen LogP contribution in [0.5, 0.6) is 11.5 Å². The van der Waals surface area contributed by atoms with Crippen LogP contribution in [-0.2, 0) is 4.79 Å². The Kier molecular flexibility index (Phi) is 6.03. The number of hydrogen-bond donors (Lipinski definition) is 2. The van der Waals surface area contributed by atoms with Gasteiger partial charge in [0.25, 0.3) is 5.91 Å². The van der Waals surface area contributed by atoms with Crippen molar-refractivity contribution in [2.45, 2.75) is 6.92 Å². The highest BCUT2D eigenvalue weighted by Crippen LogP contribution is 2.26. The molecule has 24 heavy (non-hydrogen) atoms. The fourth-order valence-corrected chi connectivity index (χ4v) is 2.17. The van der Waals surface area contributed by atoms with E-state index in [1.807, 2.05) is 6.92 Å². The summed E-state index contributed by atoms with van der Waals surface area (Å²) in [5, 5.41) is 11.7. The molecule has 6 nitrogen and oxygen atoms in total. The van der Waals surface area contributed by atoms with Crippen LogP contribution in [0.25, 0.3) is 0 Å². The molecule has 0 aliphatic carbocycles. The number of amides is 1. The SMILES string of the molecule is CCOc1ccccc1NC(=O)COc1ccc(C(=O)O)cc1Cl. The molecule has 0 aromatic heterocycles. The first kappa shape index (κ1) is 17.6. The second-order valence-electron chi connectivity index (χ2n) is 4.72. The normalized spacial score (nSPS) is 10.1. The van der Waals surface area contributed by atoms with Crippen LogP contribution in [0, 0.1) is 0 Å². The Hall–Kier alpha value is -2.73. The quantitative estimate of drug-likeness (QED) is 0.799. The number of carbonyl (C=O) groups is 2. The topological polar surface area (TPSA) is 84.9 Å². The van der Waals surface area contributed by atoms with E-state index in [4.69, 9.17) is 26.2 Å². The molecule has 0 atom stereocenters. The minimum Gasteiger partial charge on any atom is -0.492 e. The van der Waals surface area contributed by atoms with Crippen molar-refractivity contribution in [3.63, 3.8) is 0 Å². The fraction of sp³-hybridized carbons (Fsp3) is 0.176. The molecule has 0 aliphatic heterocycles. The number of carbonyl (C=O) groups excluding carboxylic acids is 1. The molecule has 0 spiro atoms. The molecule has 0 aliphatic rings. The van der Waals surface area contributed by atoms with Gasteiger partial charge in [0.15, 0.2) is 6.61 Å². The molecule has 2 aromatic rings. The van der Waals surface area contributed by atoms with Crippen LogP contribution in [0.15, 0.2) is 42.5 Å². The summed E-state index contributed by atoms with van der Waals surface area (Å²) in [6.45, 7) is 2.06. The van der Waals surface area contributed by atoms with Crippen molar-refractivity contribution in [3.8, 4) is 11.5 Å². The van der Waals surface area contributed by atoms with Crippen molar-refractivity contribution in [1.82, 2.24) is 0 Å². The molecule has 0 heterocycles. The minimum atomic E-state index is -1.09. The fourth-order valence-electron chi connectivity index (χ4n) is 1.93. The van der Waals surface area contributed by atoms with Crippen molar-refractivity contribution >= 4 is 29.2 Å². The van der Waals surface area contributed by atoms with E-state index in [1.54, 1.807) is 24.3 Å². The van der Waals surface area contributed by atoms with E-state index in [9.17, 15) is 9.59 Å². The first-order chi connectivity index (χ1) is 11.5. The van der Waals surface area contributed by atoms with Crippen LogP contribution in [0.1, 0.15) is 17.3 Å². The summed E-state index contributed by atoms with van der Waals surface area (Å²) in [6, 6.07) is 11.1. The molecule has 2 rings (SSSR count). The maximum absolute atomic E-state index is 12.0. The van der Waals surface area contributed by atoms with E-state index >= 15 is 0 Å². The van der Waals surface area contributed by atoms with Gasteiger partial charge in [-0.25, -0.2) is 4.79 Å². The molecular weight excluding hydrogens is 334 g/mol. The van der Waals surface area contributed by atoms with Crippen molar-refractivity contribution in [3.05, 3.63) is 53.1 Å². The maximum Gasteiger partial charge on any atom is 0.335 e. The van der Waals surface area contributed by atoms with Crippen molar-refractivity contribution < 1.29 is 24.2 Å². The van der Waals surface area contributed by atoms with Crippen LogP contribution in [0.4, 0.5) is 5.69 Å². The summed E-state index contributed by atoms with van der Waals surface area (Å²) in [4.78, 5) is 22.8. The molecule has 2 N–H and O–H groups in total. The molecule has 1 amide bonds. The average molecular weight is 350 g/mol. The van der Waals surface area contributed by atoms with E-state index in [2.05, 4.69) is 5.32 Å². The number of hydrogen-bond acceptors (Lipinski definition) is 4. The second-order valence-corrected chi connectivity index (χ2v) is 5.12. The van der Waals surface area contributed by atoms with E-state index in [-0.39, 0.29) is 28.8 Å². The third-order valence-electron chi connectivity index (χ3n) is 3.00. The summed E-state index contributed by atoms with van der Waals surface area (Å²) >= 11 is 5.94. The molecular formula is C17H16ClNO5. The van der Waals surface area contributed by atoms with Crippen LogP contribution < -0.4 is 14.8 Å². The van der Waals surface area contributed by atoms with Gasteiger partial charge in [-0.3, -0.25) is 4.79 Å². The predicted molar refractivity (Wildman–Crippen MR) is 90.1 cm³/mol. The Morgan fingerprint density at radius 3 is 2.54 bits per heavy atom. The second kappa shape index (κ2) is 8.21. The van der Waals surface area contributed by atoms with Gasteiger partial charge in [-0.15, -0.1) is 0 Å². The zero-order valence-corrected chi connectivity index (χ0v) is 13.7. The van der Waals surface area contributed by atoms with Crippen molar-refractivity contribution in [2.24, 2.45) is 0 Å². The lowest BCUT2D eigenvalue weighted by atomic mass is 10.2. The first-order valence-electron chi connectivity index (χ1n) is 7.18. The molecule has 0 saturated heterocycles. The molecule has 0 fully saturated rings. The van der Waals surface area contributed by atoms with Crippen LogP contribution >= 0.6 is 11.6 Å². The number of benzene rings is 2. The van der Waals surface area contributed by atoms with E-state index in [1.165, 1.54) is 18.2 Å². The van der Waals surface area contributed by atoms with Gasteiger partial charge in [0.2, 0.25) is 0 Å². The average Bonchev–Trinajstić information content (AvgIpc) is 2.55. The number of rotatable bonds is 7. The van der Waals surface area contributed by atoms with Crippen LogP contribution in [0.2, 0.25) is 5.02 Å². The summed E-state index contributed by atoms with van der Waals surface area (Å²) in [6.07, 6.45) is 0. The molecule has 0 radical (unpaired) electrons. The van der Waals surface area contributed by atoms with E-state index in [0.29, 0.717) is 18.0 Å². The number of aromatic carboxylic acids is 1. The highest BCUT2D eigenvalue weighted by atomic mass is 35.5. The highest BCUT2D eigenvalue weighted by molar-refractivity contribution is 6.32. The van der Waals surface area contributed by atoms with Gasteiger partial charge in [0.1, 0.15) is 11.5 Å². The molecule has 126 valence electrons. The van der Waals surface area contributed by atoms with E-state index in [0.717, 1.165) is 0 Å². The zero-order chi connectivity index (χ0) is 17.5. The number of halogens is 1. The number of carboxylic acid groups (broad SMARTS) is 1. The molecule has 2 aromatic carbocycles. The molecule has 7 heteroatoms. The Morgan fingerprint density at radius 2 is 1.88 bits per heavy atom. The van der Waals surface area contributed by atoms with Crippen LogP contribution in [0.3, 0.4) is 0 Å². The van der Waals surface area contributed by atoms with Crippen LogP contribution in [-0.4, -0.2) is 30.2 Å². The lowest BCUT2D eigenvalue weighted by molar-refractivity contribution is -0.118. The monoisotopic (exact) mass is 349 g/mol. The molecule has 0 bridgehead atoms. The number of ether oxygens (including phenoxy) is 2. The summed E-state index contributed by atoms with van der Waals surface area (Å²) in [5.41, 5.74) is 0.586. The summed E-state index contributed by atoms with van der Waals surface area (Å²) in [7, 11) is 0. The van der Waals surface area contributed by atoms with Gasteiger partial charge in [0.05, 0.1) is 22.9 Å². The number of carboxylic acids is 1. The Bertz CT molecular complexity index is 748. The van der Waals surface area contributed by atoms with Gasteiger partial charge in [-0.05, 0) is 37.3 Å². The smallest absolute Gasteiger partial charge is 0.335 e. The standard InChI is InChI=1S/C17H16ClNO5/c1-2-23-15-6-4-3-5-13(15)19-16(20)10-24-14-8-7-11(17(21)22)9-12(14)18/h3-9H,2,10H2,1H3,(H,19,20)(H,21,22). The maximum atomic E-state index is 12.0. The summed E-state index contributed by atoms with van der Waals surface area (Å²) < 4.78 is 10.8. The first-order valence-corrected chi connectivity index (χ1v) is 7.56.